The van der Waals surface area contributed by atoms with Crippen molar-refractivity contribution in [3.05, 3.63) is 29.3 Å². The van der Waals surface area contributed by atoms with Gasteiger partial charge in [0.1, 0.15) is 5.75 Å². The van der Waals surface area contributed by atoms with Gasteiger partial charge in [-0.1, -0.05) is 25.3 Å². The van der Waals surface area contributed by atoms with Gasteiger partial charge in [0, 0.05) is 6.42 Å². The average molecular weight is 218 g/mol. The quantitative estimate of drug-likeness (QED) is 0.845. The lowest BCUT2D eigenvalue weighted by atomic mass is 9.80. The van der Waals surface area contributed by atoms with Crippen molar-refractivity contribution in [2.75, 3.05) is 6.61 Å². The molecule has 1 fully saturated rings. The van der Waals surface area contributed by atoms with Gasteiger partial charge in [-0.2, -0.15) is 0 Å². The number of rotatable bonds is 3. The van der Waals surface area contributed by atoms with E-state index < -0.39 is 0 Å². The topological polar surface area (TPSA) is 29.5 Å². The maximum atomic E-state index is 10.1. The van der Waals surface area contributed by atoms with Crippen LogP contribution in [-0.2, 0) is 6.42 Å². The maximum absolute atomic E-state index is 10.1. The SMILES string of the molecule is OC(CC1CCC1)c1ccc2c(c1)CCO2. The summed E-state index contributed by atoms with van der Waals surface area (Å²) in [5, 5.41) is 10.1. The molecule has 2 heteroatoms. The molecule has 86 valence electrons. The summed E-state index contributed by atoms with van der Waals surface area (Å²) >= 11 is 0. The van der Waals surface area contributed by atoms with Crippen LogP contribution >= 0.6 is 0 Å². The van der Waals surface area contributed by atoms with Gasteiger partial charge in [0.05, 0.1) is 12.7 Å². The van der Waals surface area contributed by atoms with Gasteiger partial charge in [0.25, 0.3) is 0 Å². The van der Waals surface area contributed by atoms with E-state index in [1.807, 2.05) is 12.1 Å². The van der Waals surface area contributed by atoms with Crippen LogP contribution in [0.5, 0.6) is 5.75 Å². The number of fused-ring (bicyclic) bond motifs is 1. The van der Waals surface area contributed by atoms with Crippen molar-refractivity contribution in [3.63, 3.8) is 0 Å². The fourth-order valence-electron chi connectivity index (χ4n) is 2.59. The number of hydrogen-bond acceptors (Lipinski definition) is 2. The van der Waals surface area contributed by atoms with Gasteiger partial charge in [-0.25, -0.2) is 0 Å². The van der Waals surface area contributed by atoms with Gasteiger partial charge in [-0.05, 0) is 35.6 Å². The van der Waals surface area contributed by atoms with Crippen LogP contribution in [0.1, 0.15) is 42.9 Å². The molecule has 0 amide bonds. The minimum Gasteiger partial charge on any atom is -0.493 e. The smallest absolute Gasteiger partial charge is 0.122 e. The second kappa shape index (κ2) is 4.10. The van der Waals surface area contributed by atoms with Crippen LogP contribution in [0, 0.1) is 5.92 Å². The number of ether oxygens (including phenoxy) is 1. The zero-order chi connectivity index (χ0) is 11.0. The molecule has 3 rings (SSSR count). The largest absolute Gasteiger partial charge is 0.493 e. The molecule has 0 spiro atoms. The van der Waals surface area contributed by atoms with Crippen molar-refractivity contribution in [1.29, 1.82) is 0 Å². The third-order valence-electron chi connectivity index (χ3n) is 3.88. The zero-order valence-corrected chi connectivity index (χ0v) is 9.48. The van der Waals surface area contributed by atoms with Crippen LogP contribution in [0.15, 0.2) is 18.2 Å². The summed E-state index contributed by atoms with van der Waals surface area (Å²) in [6.45, 7) is 0.789. The average Bonchev–Trinajstić information content (AvgIpc) is 2.69. The van der Waals surface area contributed by atoms with E-state index in [0.717, 1.165) is 36.7 Å². The summed E-state index contributed by atoms with van der Waals surface area (Å²) in [4.78, 5) is 0. The first-order valence-electron chi connectivity index (χ1n) is 6.26. The molecule has 0 saturated heterocycles. The summed E-state index contributed by atoms with van der Waals surface area (Å²) < 4.78 is 5.46. The first-order valence-corrected chi connectivity index (χ1v) is 6.26. The zero-order valence-electron chi connectivity index (χ0n) is 9.48. The monoisotopic (exact) mass is 218 g/mol. The van der Waals surface area contributed by atoms with Gasteiger partial charge < -0.3 is 9.84 Å². The fourth-order valence-corrected chi connectivity index (χ4v) is 2.59. The predicted molar refractivity (Wildman–Crippen MR) is 62.6 cm³/mol. The van der Waals surface area contributed by atoms with Crippen molar-refractivity contribution in [3.8, 4) is 5.75 Å². The Morgan fingerprint density at radius 1 is 1.38 bits per heavy atom. The highest BCUT2D eigenvalue weighted by molar-refractivity contribution is 5.40. The Labute approximate surface area is 96.2 Å². The first-order chi connectivity index (χ1) is 7.83. The highest BCUT2D eigenvalue weighted by Crippen LogP contribution is 2.36. The molecule has 1 unspecified atom stereocenters. The van der Waals surface area contributed by atoms with E-state index >= 15 is 0 Å². The molecule has 1 aliphatic carbocycles. The Balaban J connectivity index is 1.72. The molecule has 1 aromatic rings. The third kappa shape index (κ3) is 1.82. The summed E-state index contributed by atoms with van der Waals surface area (Å²) in [5.74, 6) is 1.75. The minimum absolute atomic E-state index is 0.281. The molecule has 1 atom stereocenters. The standard InChI is InChI=1S/C14H18O2/c15-13(8-10-2-1-3-10)11-4-5-14-12(9-11)6-7-16-14/h4-5,9-10,13,15H,1-3,6-8H2. The minimum atomic E-state index is -0.281. The van der Waals surface area contributed by atoms with E-state index in [-0.39, 0.29) is 6.10 Å². The second-order valence-electron chi connectivity index (χ2n) is 5.01. The van der Waals surface area contributed by atoms with Crippen molar-refractivity contribution in [1.82, 2.24) is 0 Å². The molecule has 2 nitrogen and oxygen atoms in total. The molecule has 2 aliphatic rings. The van der Waals surface area contributed by atoms with Gasteiger partial charge >= 0.3 is 0 Å². The Morgan fingerprint density at radius 3 is 3.00 bits per heavy atom. The lowest BCUT2D eigenvalue weighted by molar-refractivity contribution is 0.118. The summed E-state index contributed by atoms with van der Waals surface area (Å²) in [7, 11) is 0. The number of hydrogen-bond donors (Lipinski definition) is 1. The molecule has 16 heavy (non-hydrogen) atoms. The Bertz CT molecular complexity index is 382. The van der Waals surface area contributed by atoms with Crippen molar-refractivity contribution in [2.45, 2.75) is 38.2 Å². The van der Waals surface area contributed by atoms with Crippen LogP contribution in [0.25, 0.3) is 0 Å². The number of benzene rings is 1. The van der Waals surface area contributed by atoms with E-state index in [1.165, 1.54) is 24.8 Å². The van der Waals surface area contributed by atoms with Crippen molar-refractivity contribution in [2.24, 2.45) is 5.92 Å². The molecular formula is C14H18O2. The van der Waals surface area contributed by atoms with E-state index in [0.29, 0.717) is 0 Å². The second-order valence-corrected chi connectivity index (χ2v) is 5.01. The van der Waals surface area contributed by atoms with Gasteiger partial charge in [-0.15, -0.1) is 0 Å². The molecule has 1 saturated carbocycles. The van der Waals surface area contributed by atoms with Crippen LogP contribution in [0.4, 0.5) is 0 Å². The molecule has 0 bridgehead atoms. The Morgan fingerprint density at radius 2 is 2.25 bits per heavy atom. The lowest BCUT2D eigenvalue weighted by Crippen LogP contribution is -2.14. The normalized spacial score (nSPS) is 21.1. The van der Waals surface area contributed by atoms with Gasteiger partial charge in [0.2, 0.25) is 0 Å². The third-order valence-corrected chi connectivity index (χ3v) is 3.88. The van der Waals surface area contributed by atoms with E-state index in [1.54, 1.807) is 0 Å². The van der Waals surface area contributed by atoms with Crippen LogP contribution in [0.3, 0.4) is 0 Å². The van der Waals surface area contributed by atoms with Crippen molar-refractivity contribution >= 4 is 0 Å². The highest BCUT2D eigenvalue weighted by Gasteiger charge is 2.22. The van der Waals surface area contributed by atoms with Crippen LogP contribution in [0.2, 0.25) is 0 Å². The van der Waals surface area contributed by atoms with Gasteiger partial charge in [-0.3, -0.25) is 0 Å². The number of aliphatic hydroxyl groups excluding tert-OH is 1. The molecule has 0 aromatic heterocycles. The van der Waals surface area contributed by atoms with E-state index in [9.17, 15) is 5.11 Å². The Hall–Kier alpha value is -1.02. The summed E-state index contributed by atoms with van der Waals surface area (Å²) in [6, 6.07) is 6.13. The fraction of sp³-hybridized carbons (Fsp3) is 0.571. The van der Waals surface area contributed by atoms with Crippen LogP contribution in [-0.4, -0.2) is 11.7 Å². The maximum Gasteiger partial charge on any atom is 0.122 e. The Kier molecular flexibility index (Phi) is 2.60. The summed E-state index contributed by atoms with van der Waals surface area (Å²) in [6.07, 6.45) is 5.57. The highest BCUT2D eigenvalue weighted by atomic mass is 16.5. The predicted octanol–water partition coefficient (Wildman–Crippen LogP) is 2.85. The molecule has 1 heterocycles. The number of aliphatic hydroxyl groups is 1. The van der Waals surface area contributed by atoms with E-state index in [4.69, 9.17) is 4.74 Å². The molecular weight excluding hydrogens is 200 g/mol. The van der Waals surface area contributed by atoms with Crippen LogP contribution < -0.4 is 4.74 Å². The molecule has 1 N–H and O–H groups in total. The van der Waals surface area contributed by atoms with E-state index in [2.05, 4.69) is 6.07 Å². The molecule has 1 aliphatic heterocycles. The van der Waals surface area contributed by atoms with Gasteiger partial charge in [0.15, 0.2) is 0 Å². The summed E-state index contributed by atoms with van der Waals surface area (Å²) in [5.41, 5.74) is 2.32. The van der Waals surface area contributed by atoms with Crippen molar-refractivity contribution < 1.29 is 9.84 Å². The molecule has 0 radical (unpaired) electrons. The lowest BCUT2D eigenvalue weighted by Gasteiger charge is -2.27. The molecule has 1 aromatic carbocycles. The first kappa shape index (κ1) is 10.2.